The van der Waals surface area contributed by atoms with Crippen LogP contribution in [0.4, 0.5) is 0 Å². The molecule has 56 heavy (non-hydrogen) atoms. The molecule has 10 aromatic rings. The van der Waals surface area contributed by atoms with Gasteiger partial charge in [0.1, 0.15) is 0 Å². The number of pyridine rings is 1. The van der Waals surface area contributed by atoms with Crippen LogP contribution >= 0.6 is 0 Å². The molecule has 0 aliphatic heterocycles. The number of fused-ring (bicyclic) bond motifs is 10. The highest BCUT2D eigenvalue weighted by molar-refractivity contribution is 6.26. The van der Waals surface area contributed by atoms with E-state index in [1.807, 2.05) is 36.5 Å². The molecule has 260 valence electrons. The van der Waals surface area contributed by atoms with Crippen molar-refractivity contribution in [3.63, 3.8) is 0 Å². The van der Waals surface area contributed by atoms with Gasteiger partial charge in [-0.3, -0.25) is 4.98 Å². The molecule has 2 heterocycles. The van der Waals surface area contributed by atoms with Gasteiger partial charge >= 0.3 is 0 Å². The topological polar surface area (TPSA) is 62.5 Å². The third kappa shape index (κ3) is 5.85. The van der Waals surface area contributed by atoms with Crippen LogP contribution in [0.25, 0.3) is 98.9 Å². The summed E-state index contributed by atoms with van der Waals surface area (Å²) in [5.74, 6) is 0.592. The van der Waals surface area contributed by atoms with Crippen LogP contribution in [0.5, 0.6) is 0 Å². The van der Waals surface area contributed by atoms with E-state index in [9.17, 15) is 5.26 Å². The molecule has 0 bridgehead atoms. The van der Waals surface area contributed by atoms with E-state index in [0.29, 0.717) is 11.4 Å². The van der Waals surface area contributed by atoms with Crippen molar-refractivity contribution in [1.29, 1.82) is 5.26 Å². The zero-order valence-corrected chi connectivity index (χ0v) is 30.3. The molecular weight excluding hydrogens is 681 g/mol. The molecule has 0 fully saturated rings. The first-order valence-corrected chi connectivity index (χ1v) is 18.6. The van der Waals surface area contributed by atoms with Gasteiger partial charge in [-0.05, 0) is 107 Å². The van der Waals surface area contributed by atoms with Crippen LogP contribution in [0.3, 0.4) is 0 Å². The van der Waals surface area contributed by atoms with E-state index in [1.165, 1.54) is 37.7 Å². The number of benzene rings is 7. The maximum atomic E-state index is 9.51. The normalized spacial score (nSPS) is 11.2. The third-order valence-corrected chi connectivity index (χ3v) is 10.6. The molecule has 10 rings (SSSR count). The van der Waals surface area contributed by atoms with E-state index >= 15 is 0 Å². The van der Waals surface area contributed by atoms with Gasteiger partial charge in [0.05, 0.1) is 23.0 Å². The zero-order chi connectivity index (χ0) is 37.4. The highest BCUT2D eigenvalue weighted by atomic mass is 14.9. The first-order valence-electron chi connectivity index (χ1n) is 18.6. The zero-order valence-electron chi connectivity index (χ0n) is 30.3. The molecular formula is C52H32N4. The number of aromatic nitrogens is 3. The maximum Gasteiger partial charge on any atom is 0.160 e. The van der Waals surface area contributed by atoms with Gasteiger partial charge in [-0.25, -0.2) is 9.97 Å². The van der Waals surface area contributed by atoms with Gasteiger partial charge in [0.25, 0.3) is 0 Å². The molecule has 0 aliphatic rings. The van der Waals surface area contributed by atoms with Gasteiger partial charge < -0.3 is 0 Å². The summed E-state index contributed by atoms with van der Waals surface area (Å²) in [7, 11) is 0. The van der Waals surface area contributed by atoms with Crippen molar-refractivity contribution in [2.24, 2.45) is 0 Å². The Labute approximate surface area is 324 Å². The molecule has 0 N–H and O–H groups in total. The summed E-state index contributed by atoms with van der Waals surface area (Å²) in [4.78, 5) is 14.6. The summed E-state index contributed by atoms with van der Waals surface area (Å²) in [6.45, 7) is 0. The third-order valence-electron chi connectivity index (χ3n) is 10.6. The molecule has 4 heteroatoms. The van der Waals surface area contributed by atoms with Crippen molar-refractivity contribution in [3.8, 4) is 51.1 Å². The molecule has 0 saturated heterocycles. The Morgan fingerprint density at radius 2 is 0.768 bits per heavy atom. The first kappa shape index (κ1) is 32.9. The molecule has 0 aliphatic carbocycles. The van der Waals surface area contributed by atoms with Crippen molar-refractivity contribution >= 4 is 53.9 Å². The Morgan fingerprint density at radius 3 is 1.25 bits per heavy atom. The van der Waals surface area contributed by atoms with Gasteiger partial charge in [-0.2, -0.15) is 5.26 Å². The van der Waals surface area contributed by atoms with E-state index in [1.54, 1.807) is 6.20 Å². The Balaban J connectivity index is 1.27. The fourth-order valence-corrected chi connectivity index (χ4v) is 7.91. The SMILES string of the molecule is N#Cc1ccc(-c2nc(-c3ccc(-c4cccnc4)cc3)cc(-c3ccc4c5ccccc5c5ccccc5c5ccccc5c5ccccc5c4c3)n2)cc1. The van der Waals surface area contributed by atoms with E-state index in [-0.39, 0.29) is 0 Å². The maximum absolute atomic E-state index is 9.51. The quantitative estimate of drug-likeness (QED) is 0.182. The van der Waals surface area contributed by atoms with E-state index in [2.05, 4.69) is 163 Å². The van der Waals surface area contributed by atoms with E-state index < -0.39 is 0 Å². The lowest BCUT2D eigenvalue weighted by molar-refractivity contribution is 1.18. The van der Waals surface area contributed by atoms with Gasteiger partial charge in [-0.15, -0.1) is 0 Å². The summed E-state index contributed by atoms with van der Waals surface area (Å²) >= 11 is 0. The average molecular weight is 713 g/mol. The summed E-state index contributed by atoms with van der Waals surface area (Å²) in [5, 5.41) is 21.3. The second-order valence-corrected chi connectivity index (χ2v) is 13.9. The lowest BCUT2D eigenvalue weighted by Gasteiger charge is -2.12. The molecule has 0 amide bonds. The monoisotopic (exact) mass is 712 g/mol. The molecule has 4 nitrogen and oxygen atoms in total. The highest BCUT2D eigenvalue weighted by Crippen LogP contribution is 2.38. The number of nitrogens with zero attached hydrogens (tertiary/aromatic N) is 4. The van der Waals surface area contributed by atoms with Gasteiger partial charge in [0, 0.05) is 29.1 Å². The second kappa shape index (κ2) is 13.9. The van der Waals surface area contributed by atoms with Crippen LogP contribution in [0.15, 0.2) is 194 Å². The standard InChI is InChI=1S/C52H32N4/c53-32-34-19-21-37(22-20-34)52-55-50(36-25-23-35(24-26-36)39-10-9-29-54-33-39)31-51(56-52)38-27-28-48-46-17-6-5-15-44(46)42-13-2-1-11-40(42)41-12-3-4-14-43(41)45-16-7-8-18-47(45)49(48)30-38/h1-31,33H. The van der Waals surface area contributed by atoms with Crippen LogP contribution in [0, 0.1) is 11.3 Å². The lowest BCUT2D eigenvalue weighted by atomic mass is 9.93. The van der Waals surface area contributed by atoms with Crippen molar-refractivity contribution in [1.82, 2.24) is 15.0 Å². The number of hydrogen-bond acceptors (Lipinski definition) is 4. The van der Waals surface area contributed by atoms with Crippen molar-refractivity contribution in [2.75, 3.05) is 0 Å². The Kier molecular flexibility index (Phi) is 8.17. The summed E-state index contributed by atoms with van der Waals surface area (Å²) in [6.07, 6.45) is 3.66. The van der Waals surface area contributed by atoms with Crippen LogP contribution in [-0.2, 0) is 0 Å². The van der Waals surface area contributed by atoms with Gasteiger partial charge in [0.2, 0.25) is 0 Å². The lowest BCUT2D eigenvalue weighted by Crippen LogP contribution is -1.96. The van der Waals surface area contributed by atoms with Crippen molar-refractivity contribution in [2.45, 2.75) is 0 Å². The van der Waals surface area contributed by atoms with Crippen molar-refractivity contribution < 1.29 is 0 Å². The smallest absolute Gasteiger partial charge is 0.160 e. The van der Waals surface area contributed by atoms with Crippen molar-refractivity contribution in [3.05, 3.63) is 200 Å². The number of nitriles is 1. The summed E-state index contributed by atoms with van der Waals surface area (Å²) in [5.41, 5.74) is 7.14. The van der Waals surface area contributed by atoms with Gasteiger partial charge in [-0.1, -0.05) is 140 Å². The van der Waals surface area contributed by atoms with Crippen LogP contribution in [0.2, 0.25) is 0 Å². The molecule has 8 aromatic carbocycles. The molecule has 0 spiro atoms. The minimum atomic E-state index is 0.590. The number of hydrogen-bond donors (Lipinski definition) is 0. The fraction of sp³-hybridized carbons (Fsp3) is 0. The fourth-order valence-electron chi connectivity index (χ4n) is 7.91. The Bertz CT molecular complexity index is 3160. The molecule has 0 atom stereocenters. The largest absolute Gasteiger partial charge is 0.264 e. The molecule has 0 radical (unpaired) electrons. The first-order chi connectivity index (χ1) is 27.7. The predicted molar refractivity (Wildman–Crippen MR) is 231 cm³/mol. The van der Waals surface area contributed by atoms with Crippen LogP contribution < -0.4 is 0 Å². The summed E-state index contributed by atoms with van der Waals surface area (Å²) < 4.78 is 0. The van der Waals surface area contributed by atoms with E-state index in [0.717, 1.165) is 55.4 Å². The van der Waals surface area contributed by atoms with E-state index in [4.69, 9.17) is 9.97 Å². The number of rotatable bonds is 4. The minimum Gasteiger partial charge on any atom is -0.264 e. The Hall–Kier alpha value is -7.74. The Morgan fingerprint density at radius 1 is 0.339 bits per heavy atom. The summed E-state index contributed by atoms with van der Waals surface area (Å²) in [6, 6.07) is 65.9. The highest BCUT2D eigenvalue weighted by Gasteiger charge is 2.14. The van der Waals surface area contributed by atoms with Crippen LogP contribution in [-0.4, -0.2) is 15.0 Å². The van der Waals surface area contributed by atoms with Gasteiger partial charge in [0.15, 0.2) is 5.82 Å². The molecule has 0 saturated carbocycles. The average Bonchev–Trinajstić information content (AvgIpc) is 3.29. The molecule has 2 aromatic heterocycles. The minimum absolute atomic E-state index is 0.590. The predicted octanol–water partition coefficient (Wildman–Crippen LogP) is 13.3. The molecule has 0 unspecified atom stereocenters. The second-order valence-electron chi connectivity index (χ2n) is 13.9. The van der Waals surface area contributed by atoms with Crippen LogP contribution in [0.1, 0.15) is 5.56 Å².